The molecular weight excluding hydrogens is 350 g/mol. The fourth-order valence-corrected chi connectivity index (χ4v) is 3.05. The molecule has 1 saturated heterocycles. The van der Waals surface area contributed by atoms with E-state index in [2.05, 4.69) is 9.88 Å². The molecule has 3 heterocycles. The first kappa shape index (κ1) is 17.2. The number of fused-ring (bicyclic) bond motifs is 1. The summed E-state index contributed by atoms with van der Waals surface area (Å²) in [5, 5.41) is 0. The second-order valence-electron chi connectivity index (χ2n) is 6.15. The van der Waals surface area contributed by atoms with E-state index in [0.29, 0.717) is 24.3 Å². The summed E-state index contributed by atoms with van der Waals surface area (Å²) in [6.07, 6.45) is 1.43. The lowest BCUT2D eigenvalue weighted by Crippen LogP contribution is -2.36. The van der Waals surface area contributed by atoms with Crippen molar-refractivity contribution in [2.45, 2.75) is 0 Å². The summed E-state index contributed by atoms with van der Waals surface area (Å²) in [4.78, 5) is 44.0. The summed E-state index contributed by atoms with van der Waals surface area (Å²) in [6.45, 7) is 2.35. The predicted octanol–water partition coefficient (Wildman–Crippen LogP) is 1.33. The first-order chi connectivity index (χ1) is 13.1. The van der Waals surface area contributed by atoms with Gasteiger partial charge >= 0.3 is 5.97 Å². The molecular formula is C19H17N3O5. The highest BCUT2D eigenvalue weighted by Gasteiger charge is 2.35. The zero-order chi connectivity index (χ0) is 18.8. The van der Waals surface area contributed by atoms with Crippen LogP contribution in [0.4, 0.5) is 5.82 Å². The molecule has 0 N–H and O–H groups in total. The third-order valence-corrected chi connectivity index (χ3v) is 4.52. The fourth-order valence-electron chi connectivity index (χ4n) is 3.05. The normalized spacial score (nSPS) is 16.4. The van der Waals surface area contributed by atoms with Gasteiger partial charge < -0.3 is 14.4 Å². The molecule has 1 aromatic carbocycles. The minimum atomic E-state index is -0.646. The number of rotatable bonds is 4. The summed E-state index contributed by atoms with van der Waals surface area (Å²) < 4.78 is 10.4. The molecule has 8 heteroatoms. The minimum absolute atomic E-state index is 0.253. The van der Waals surface area contributed by atoms with Crippen LogP contribution in [-0.2, 0) is 9.47 Å². The highest BCUT2D eigenvalue weighted by atomic mass is 16.5. The fraction of sp³-hybridized carbons (Fsp3) is 0.263. The van der Waals surface area contributed by atoms with E-state index in [4.69, 9.17) is 9.47 Å². The van der Waals surface area contributed by atoms with Gasteiger partial charge in [0.1, 0.15) is 5.82 Å². The summed E-state index contributed by atoms with van der Waals surface area (Å²) in [7, 11) is 0. The van der Waals surface area contributed by atoms with Crippen LogP contribution in [0.25, 0.3) is 0 Å². The number of hydrogen-bond acceptors (Lipinski definition) is 7. The van der Waals surface area contributed by atoms with E-state index in [1.165, 1.54) is 6.20 Å². The van der Waals surface area contributed by atoms with Gasteiger partial charge in [-0.2, -0.15) is 0 Å². The van der Waals surface area contributed by atoms with E-state index < -0.39 is 24.5 Å². The van der Waals surface area contributed by atoms with Crippen LogP contribution in [0.15, 0.2) is 42.6 Å². The molecule has 27 heavy (non-hydrogen) atoms. The van der Waals surface area contributed by atoms with Gasteiger partial charge in [0.15, 0.2) is 6.73 Å². The van der Waals surface area contributed by atoms with Crippen molar-refractivity contribution in [1.82, 2.24) is 9.88 Å². The van der Waals surface area contributed by atoms with Gasteiger partial charge in [-0.15, -0.1) is 0 Å². The molecule has 2 aliphatic rings. The molecule has 2 aromatic rings. The third kappa shape index (κ3) is 3.26. The number of carbonyl (C=O) groups is 3. The Kier molecular flexibility index (Phi) is 4.55. The lowest BCUT2D eigenvalue weighted by molar-refractivity contribution is 0.0228. The largest absolute Gasteiger partial charge is 0.440 e. The molecule has 2 amide bonds. The number of carbonyl (C=O) groups excluding carboxylic acids is 3. The monoisotopic (exact) mass is 367 g/mol. The maximum Gasteiger partial charge on any atom is 0.341 e. The van der Waals surface area contributed by atoms with E-state index in [-0.39, 0.29) is 5.56 Å². The van der Waals surface area contributed by atoms with Gasteiger partial charge in [0.25, 0.3) is 11.8 Å². The summed E-state index contributed by atoms with van der Waals surface area (Å²) in [6, 6.07) is 9.87. The predicted molar refractivity (Wildman–Crippen MR) is 94.5 cm³/mol. The number of morpholine rings is 1. The Bertz CT molecular complexity index is 855. The number of amides is 2. The van der Waals surface area contributed by atoms with Gasteiger partial charge in [0, 0.05) is 19.3 Å². The molecule has 8 nitrogen and oxygen atoms in total. The Morgan fingerprint density at radius 2 is 1.70 bits per heavy atom. The Morgan fingerprint density at radius 1 is 1.04 bits per heavy atom. The average Bonchev–Trinajstić information content (AvgIpc) is 2.97. The number of nitrogens with zero attached hydrogens (tertiary/aromatic N) is 3. The van der Waals surface area contributed by atoms with Crippen molar-refractivity contribution in [2.75, 3.05) is 37.9 Å². The van der Waals surface area contributed by atoms with Crippen molar-refractivity contribution < 1.29 is 23.9 Å². The van der Waals surface area contributed by atoms with Crippen LogP contribution in [0.2, 0.25) is 0 Å². The Hall–Kier alpha value is -3.26. The summed E-state index contributed by atoms with van der Waals surface area (Å²) >= 11 is 0. The van der Waals surface area contributed by atoms with Gasteiger partial charge in [-0.05, 0) is 24.3 Å². The van der Waals surface area contributed by atoms with E-state index in [1.54, 1.807) is 36.4 Å². The molecule has 0 unspecified atom stereocenters. The first-order valence-corrected chi connectivity index (χ1v) is 8.56. The van der Waals surface area contributed by atoms with Crippen LogP contribution in [0.3, 0.4) is 0 Å². The van der Waals surface area contributed by atoms with Gasteiger partial charge in [0.2, 0.25) is 0 Å². The van der Waals surface area contributed by atoms with Crippen LogP contribution < -0.4 is 4.90 Å². The highest BCUT2D eigenvalue weighted by Crippen LogP contribution is 2.22. The van der Waals surface area contributed by atoms with Crippen molar-refractivity contribution >= 4 is 23.6 Å². The minimum Gasteiger partial charge on any atom is -0.440 e. The zero-order valence-corrected chi connectivity index (χ0v) is 14.5. The van der Waals surface area contributed by atoms with Gasteiger partial charge in [-0.3, -0.25) is 9.59 Å². The standard InChI is InChI=1S/C19H17N3O5/c23-17-14-3-1-2-4-15(14)18(24)22(17)12-27-19(25)13-5-6-16(20-11-13)21-7-9-26-10-8-21/h1-6,11H,7-10,12H2. The molecule has 0 bridgehead atoms. The Balaban J connectivity index is 1.38. The Morgan fingerprint density at radius 3 is 2.30 bits per heavy atom. The number of aromatic nitrogens is 1. The number of esters is 1. The van der Waals surface area contributed by atoms with Gasteiger partial charge in [-0.25, -0.2) is 14.7 Å². The van der Waals surface area contributed by atoms with Crippen LogP contribution in [0.5, 0.6) is 0 Å². The van der Waals surface area contributed by atoms with Crippen LogP contribution >= 0.6 is 0 Å². The van der Waals surface area contributed by atoms with Crippen molar-refractivity contribution in [3.05, 3.63) is 59.3 Å². The highest BCUT2D eigenvalue weighted by molar-refractivity contribution is 6.21. The zero-order valence-electron chi connectivity index (χ0n) is 14.5. The average molecular weight is 367 g/mol. The van der Waals surface area contributed by atoms with Crippen LogP contribution in [0.1, 0.15) is 31.1 Å². The lowest BCUT2D eigenvalue weighted by Gasteiger charge is -2.27. The molecule has 2 aliphatic heterocycles. The molecule has 0 radical (unpaired) electrons. The summed E-state index contributed by atoms with van der Waals surface area (Å²) in [5.74, 6) is -0.823. The molecule has 0 aliphatic carbocycles. The summed E-state index contributed by atoms with van der Waals surface area (Å²) in [5.41, 5.74) is 0.883. The number of ether oxygens (including phenoxy) is 2. The van der Waals surface area contributed by atoms with E-state index in [0.717, 1.165) is 23.8 Å². The molecule has 1 fully saturated rings. The van der Waals surface area contributed by atoms with Crippen LogP contribution in [0, 0.1) is 0 Å². The topological polar surface area (TPSA) is 89.0 Å². The van der Waals surface area contributed by atoms with Gasteiger partial charge in [0.05, 0.1) is 29.9 Å². The lowest BCUT2D eigenvalue weighted by atomic mass is 10.1. The maximum atomic E-state index is 12.3. The van der Waals surface area contributed by atoms with Crippen molar-refractivity contribution in [1.29, 1.82) is 0 Å². The van der Waals surface area contributed by atoms with E-state index in [1.807, 2.05) is 0 Å². The number of anilines is 1. The molecule has 0 saturated carbocycles. The molecule has 0 atom stereocenters. The van der Waals surface area contributed by atoms with E-state index >= 15 is 0 Å². The SMILES string of the molecule is O=C(OCN1C(=O)c2ccccc2C1=O)c1ccc(N2CCOCC2)nc1. The number of imide groups is 1. The number of pyridine rings is 1. The number of benzene rings is 1. The van der Waals surface area contributed by atoms with Crippen molar-refractivity contribution in [3.8, 4) is 0 Å². The van der Waals surface area contributed by atoms with E-state index in [9.17, 15) is 14.4 Å². The van der Waals surface area contributed by atoms with Gasteiger partial charge in [-0.1, -0.05) is 12.1 Å². The Labute approximate surface area is 155 Å². The first-order valence-electron chi connectivity index (χ1n) is 8.56. The second-order valence-corrected chi connectivity index (χ2v) is 6.15. The van der Waals surface area contributed by atoms with Crippen molar-refractivity contribution in [3.63, 3.8) is 0 Å². The molecule has 4 rings (SSSR count). The van der Waals surface area contributed by atoms with Crippen LogP contribution in [-0.4, -0.2) is 60.7 Å². The quantitative estimate of drug-likeness (QED) is 0.595. The third-order valence-electron chi connectivity index (χ3n) is 4.52. The smallest absolute Gasteiger partial charge is 0.341 e. The maximum absolute atomic E-state index is 12.3. The number of hydrogen-bond donors (Lipinski definition) is 0. The molecule has 138 valence electrons. The molecule has 1 aromatic heterocycles. The molecule has 0 spiro atoms. The van der Waals surface area contributed by atoms with Crippen molar-refractivity contribution in [2.24, 2.45) is 0 Å². The second kappa shape index (κ2) is 7.16.